The Hall–Kier alpha value is -1.81. The lowest BCUT2D eigenvalue weighted by molar-refractivity contribution is -0.124. The van der Waals surface area contributed by atoms with Gasteiger partial charge in [0.05, 0.1) is 11.2 Å². The number of rotatable bonds is 5. The molecule has 0 saturated heterocycles. The summed E-state index contributed by atoms with van der Waals surface area (Å²) < 4.78 is 5.15. The summed E-state index contributed by atoms with van der Waals surface area (Å²) in [4.78, 5) is 12.4. The van der Waals surface area contributed by atoms with Crippen LogP contribution in [0.15, 0.2) is 28.8 Å². The molecule has 0 unspecified atom stereocenters. The molecule has 122 valence electrons. The van der Waals surface area contributed by atoms with Crippen LogP contribution in [0.4, 0.5) is 0 Å². The lowest BCUT2D eigenvalue weighted by Gasteiger charge is -2.43. The van der Waals surface area contributed by atoms with Crippen molar-refractivity contribution in [1.29, 1.82) is 0 Å². The topological polar surface area (TPSA) is 55.1 Å². The van der Waals surface area contributed by atoms with Crippen molar-refractivity contribution in [2.24, 2.45) is 0 Å². The zero-order chi connectivity index (χ0) is 16.4. The van der Waals surface area contributed by atoms with E-state index < -0.39 is 0 Å². The molecule has 0 radical (unpaired) electrons. The summed E-state index contributed by atoms with van der Waals surface area (Å²) in [5, 5.41) is 7.88. The highest BCUT2D eigenvalue weighted by Crippen LogP contribution is 2.41. The van der Waals surface area contributed by atoms with Crippen LogP contribution in [-0.4, -0.2) is 11.1 Å². The van der Waals surface area contributed by atoms with Crippen LogP contribution in [0.2, 0.25) is 5.02 Å². The van der Waals surface area contributed by atoms with Crippen LogP contribution in [0, 0.1) is 13.8 Å². The fraction of sp³-hybridized carbons (Fsp3) is 0.444. The molecule has 0 spiro atoms. The van der Waals surface area contributed by atoms with Gasteiger partial charge in [0, 0.05) is 17.0 Å². The third kappa shape index (κ3) is 3.27. The van der Waals surface area contributed by atoms with Gasteiger partial charge in [-0.1, -0.05) is 28.9 Å². The lowest BCUT2D eigenvalue weighted by Crippen LogP contribution is -2.50. The van der Waals surface area contributed by atoms with Crippen molar-refractivity contribution in [2.45, 2.75) is 51.5 Å². The van der Waals surface area contributed by atoms with Crippen LogP contribution in [0.5, 0.6) is 0 Å². The number of amides is 1. The molecule has 4 nitrogen and oxygen atoms in total. The van der Waals surface area contributed by atoms with Gasteiger partial charge in [0.2, 0.25) is 5.91 Å². The van der Waals surface area contributed by atoms with Gasteiger partial charge in [-0.15, -0.1) is 0 Å². The van der Waals surface area contributed by atoms with Gasteiger partial charge in [-0.25, -0.2) is 0 Å². The third-order valence-electron chi connectivity index (χ3n) is 4.77. The fourth-order valence-electron chi connectivity index (χ4n) is 3.21. The Labute approximate surface area is 141 Å². The highest BCUT2D eigenvalue weighted by Gasteiger charge is 2.39. The second kappa shape index (κ2) is 6.36. The summed E-state index contributed by atoms with van der Waals surface area (Å²) in [7, 11) is 0. The van der Waals surface area contributed by atoms with Crippen LogP contribution in [0.3, 0.4) is 0 Å². The van der Waals surface area contributed by atoms with E-state index in [1.54, 1.807) is 0 Å². The van der Waals surface area contributed by atoms with Gasteiger partial charge in [0.25, 0.3) is 0 Å². The van der Waals surface area contributed by atoms with Gasteiger partial charge in [-0.3, -0.25) is 4.79 Å². The number of nitrogens with one attached hydrogen (secondary N) is 1. The van der Waals surface area contributed by atoms with Crippen molar-refractivity contribution in [1.82, 2.24) is 10.5 Å². The highest BCUT2D eigenvalue weighted by atomic mass is 35.5. The second-order valence-electron chi connectivity index (χ2n) is 6.29. The first-order valence-electron chi connectivity index (χ1n) is 7.99. The Bertz CT molecular complexity index is 683. The molecule has 1 amide bonds. The number of aromatic nitrogens is 1. The van der Waals surface area contributed by atoms with E-state index in [0.717, 1.165) is 41.8 Å². The zero-order valence-corrected chi connectivity index (χ0v) is 14.2. The average molecular weight is 333 g/mol. The van der Waals surface area contributed by atoms with Gasteiger partial charge >= 0.3 is 0 Å². The van der Waals surface area contributed by atoms with E-state index in [1.165, 1.54) is 0 Å². The maximum atomic E-state index is 12.4. The summed E-state index contributed by atoms with van der Waals surface area (Å²) in [5.41, 5.74) is 2.82. The Morgan fingerprint density at radius 3 is 2.52 bits per heavy atom. The molecule has 1 saturated carbocycles. The summed E-state index contributed by atoms with van der Waals surface area (Å²) in [6, 6.07) is 7.78. The number of carbonyl (C=O) groups is 1. The molecule has 1 aromatic carbocycles. The Morgan fingerprint density at radius 1 is 1.30 bits per heavy atom. The Balaban J connectivity index is 1.65. The molecule has 0 bridgehead atoms. The minimum Gasteiger partial charge on any atom is -0.361 e. The monoisotopic (exact) mass is 332 g/mol. The molecule has 1 heterocycles. The fourth-order valence-corrected chi connectivity index (χ4v) is 3.34. The zero-order valence-electron chi connectivity index (χ0n) is 13.5. The van der Waals surface area contributed by atoms with Gasteiger partial charge in [0.1, 0.15) is 5.76 Å². The number of nitrogens with zero attached hydrogens (tertiary/aromatic N) is 1. The molecule has 1 aliphatic carbocycles. The van der Waals surface area contributed by atoms with E-state index in [1.807, 2.05) is 38.1 Å². The Morgan fingerprint density at radius 2 is 2.00 bits per heavy atom. The molecule has 2 aromatic rings. The number of halogens is 1. The SMILES string of the molecule is Cc1noc(C)c1CCC(=O)NC1(c2ccc(Cl)cc2)CCC1. The number of hydrogen-bond acceptors (Lipinski definition) is 3. The summed E-state index contributed by atoms with van der Waals surface area (Å²) in [6.45, 7) is 3.79. The maximum Gasteiger partial charge on any atom is 0.221 e. The predicted octanol–water partition coefficient (Wildman–Crippen LogP) is 4.07. The molecular formula is C18H21ClN2O2. The Kier molecular flexibility index (Phi) is 4.44. The minimum atomic E-state index is -0.222. The van der Waals surface area contributed by atoms with Crippen LogP contribution < -0.4 is 5.32 Å². The number of benzene rings is 1. The first-order chi connectivity index (χ1) is 11.0. The van der Waals surface area contributed by atoms with E-state index in [-0.39, 0.29) is 11.4 Å². The summed E-state index contributed by atoms with van der Waals surface area (Å²) in [5.74, 6) is 0.867. The molecule has 1 fully saturated rings. The molecule has 1 N–H and O–H groups in total. The molecule has 23 heavy (non-hydrogen) atoms. The molecule has 1 aromatic heterocycles. The average Bonchev–Trinajstić information content (AvgIpc) is 2.81. The van der Waals surface area contributed by atoms with Gasteiger partial charge in [-0.2, -0.15) is 0 Å². The molecule has 5 heteroatoms. The normalized spacial score (nSPS) is 16.0. The van der Waals surface area contributed by atoms with Crippen molar-refractivity contribution in [3.05, 3.63) is 51.9 Å². The van der Waals surface area contributed by atoms with Gasteiger partial charge in [-0.05, 0) is 57.2 Å². The standard InChI is InChI=1S/C18H21ClN2O2/c1-12-16(13(2)23-21-12)8-9-17(22)20-18(10-3-11-18)14-4-6-15(19)7-5-14/h4-7H,3,8-11H2,1-2H3,(H,20,22). The quantitative estimate of drug-likeness (QED) is 0.897. The van der Waals surface area contributed by atoms with Crippen molar-refractivity contribution in [3.8, 4) is 0 Å². The molecule has 1 aliphatic rings. The van der Waals surface area contributed by atoms with Crippen LogP contribution in [0.1, 0.15) is 48.3 Å². The summed E-state index contributed by atoms with van der Waals surface area (Å²) >= 11 is 5.96. The number of hydrogen-bond donors (Lipinski definition) is 1. The molecule has 0 atom stereocenters. The minimum absolute atomic E-state index is 0.0691. The van der Waals surface area contributed by atoms with E-state index in [2.05, 4.69) is 10.5 Å². The van der Waals surface area contributed by atoms with Crippen molar-refractivity contribution < 1.29 is 9.32 Å². The number of carbonyl (C=O) groups excluding carboxylic acids is 1. The third-order valence-corrected chi connectivity index (χ3v) is 5.02. The highest BCUT2D eigenvalue weighted by molar-refractivity contribution is 6.30. The lowest BCUT2D eigenvalue weighted by atomic mass is 9.71. The number of aryl methyl sites for hydroxylation is 2. The van der Waals surface area contributed by atoms with Crippen LogP contribution >= 0.6 is 11.6 Å². The van der Waals surface area contributed by atoms with Crippen molar-refractivity contribution in [2.75, 3.05) is 0 Å². The molecule has 3 rings (SSSR count). The van der Waals surface area contributed by atoms with Crippen LogP contribution in [0.25, 0.3) is 0 Å². The first-order valence-corrected chi connectivity index (χ1v) is 8.37. The molecular weight excluding hydrogens is 312 g/mol. The van der Waals surface area contributed by atoms with Crippen LogP contribution in [-0.2, 0) is 16.8 Å². The van der Waals surface area contributed by atoms with Gasteiger partial charge in [0.15, 0.2) is 0 Å². The van der Waals surface area contributed by atoms with Crippen molar-refractivity contribution in [3.63, 3.8) is 0 Å². The predicted molar refractivity (Wildman–Crippen MR) is 89.4 cm³/mol. The first kappa shape index (κ1) is 16.1. The largest absolute Gasteiger partial charge is 0.361 e. The van der Waals surface area contributed by atoms with E-state index >= 15 is 0 Å². The molecule has 0 aliphatic heterocycles. The van der Waals surface area contributed by atoms with E-state index in [9.17, 15) is 4.79 Å². The maximum absolute atomic E-state index is 12.4. The summed E-state index contributed by atoms with van der Waals surface area (Å²) in [6.07, 6.45) is 4.19. The second-order valence-corrected chi connectivity index (χ2v) is 6.73. The van der Waals surface area contributed by atoms with Gasteiger partial charge < -0.3 is 9.84 Å². The smallest absolute Gasteiger partial charge is 0.221 e. The van der Waals surface area contributed by atoms with Crippen molar-refractivity contribution >= 4 is 17.5 Å². The van der Waals surface area contributed by atoms with E-state index in [4.69, 9.17) is 16.1 Å². The van der Waals surface area contributed by atoms with E-state index in [0.29, 0.717) is 17.9 Å².